The van der Waals surface area contributed by atoms with E-state index in [1.54, 1.807) is 0 Å². The monoisotopic (exact) mass is 254 g/mol. The topological polar surface area (TPSA) is 72.2 Å². The number of nitrogens with one attached hydrogen (secondary N) is 1. The lowest BCUT2D eigenvalue weighted by molar-refractivity contribution is 0.338. The van der Waals surface area contributed by atoms with Crippen LogP contribution >= 0.6 is 12.4 Å². The van der Waals surface area contributed by atoms with Gasteiger partial charge in [-0.15, -0.1) is 12.4 Å². The largest absolute Gasteiger partial charge is 0.490 e. The molecule has 0 bridgehead atoms. The first-order valence-electron chi connectivity index (χ1n) is 5.14. The van der Waals surface area contributed by atoms with Crippen LogP contribution in [0.4, 0.5) is 0 Å². The minimum atomic E-state index is -0.0591. The summed E-state index contributed by atoms with van der Waals surface area (Å²) in [4.78, 5) is 0. The van der Waals surface area contributed by atoms with Crippen LogP contribution in [0.1, 0.15) is 18.2 Å². The number of nitrogen functional groups attached to an aromatic ring is 1. The molecule has 0 spiro atoms. The maximum absolute atomic E-state index is 7.42. The van der Waals surface area contributed by atoms with Gasteiger partial charge in [0.1, 0.15) is 0 Å². The number of nitrogens with two attached hydrogens (primary N) is 1. The summed E-state index contributed by atoms with van der Waals surface area (Å²) in [5.41, 5.74) is 6.99. The average Bonchev–Trinajstić information content (AvgIpc) is 2.58. The maximum atomic E-state index is 7.42. The second kappa shape index (κ2) is 5.10. The molecule has 1 aromatic heterocycles. The van der Waals surface area contributed by atoms with Gasteiger partial charge >= 0.3 is 0 Å². The number of fused-ring (bicyclic) bond motifs is 1. The first kappa shape index (κ1) is 13.4. The van der Waals surface area contributed by atoms with Gasteiger partial charge in [0.2, 0.25) is 0 Å². The Balaban J connectivity index is 0.00000144. The predicted molar refractivity (Wildman–Crippen MR) is 70.4 cm³/mol. The van der Waals surface area contributed by atoms with Crippen LogP contribution in [0.5, 0.6) is 5.75 Å². The summed E-state index contributed by atoms with van der Waals surface area (Å²) < 4.78 is 11.0. The molecule has 17 heavy (non-hydrogen) atoms. The van der Waals surface area contributed by atoms with Crippen LogP contribution in [0.15, 0.2) is 22.6 Å². The number of rotatable bonds is 3. The van der Waals surface area contributed by atoms with E-state index >= 15 is 0 Å². The molecule has 2 aromatic rings. The fraction of sp³-hybridized carbons (Fsp3) is 0.250. The van der Waals surface area contributed by atoms with Crippen molar-refractivity contribution in [2.45, 2.75) is 13.8 Å². The van der Waals surface area contributed by atoms with Crippen molar-refractivity contribution < 1.29 is 9.15 Å². The van der Waals surface area contributed by atoms with Crippen molar-refractivity contribution >= 4 is 29.2 Å². The van der Waals surface area contributed by atoms with E-state index in [2.05, 4.69) is 0 Å². The Labute approximate surface area is 106 Å². The Kier molecular flexibility index (Phi) is 4.02. The number of ether oxygens (including phenoxy) is 1. The van der Waals surface area contributed by atoms with Crippen molar-refractivity contribution in [2.75, 3.05) is 6.61 Å². The third-order valence-electron chi connectivity index (χ3n) is 2.47. The SMILES string of the molecule is CCOc1cccc2c(C)c(C(=N)N)oc12.Cl. The molecule has 2 rings (SSSR count). The maximum Gasteiger partial charge on any atom is 0.177 e. The van der Waals surface area contributed by atoms with Gasteiger partial charge in [0.25, 0.3) is 0 Å². The molecule has 0 aliphatic rings. The molecule has 0 aliphatic heterocycles. The van der Waals surface area contributed by atoms with Crippen molar-refractivity contribution in [3.8, 4) is 5.75 Å². The second-order valence-electron chi connectivity index (χ2n) is 3.54. The van der Waals surface area contributed by atoms with E-state index in [4.69, 9.17) is 20.3 Å². The molecule has 0 saturated heterocycles. The van der Waals surface area contributed by atoms with Gasteiger partial charge in [-0.3, -0.25) is 5.41 Å². The van der Waals surface area contributed by atoms with Gasteiger partial charge in [-0.25, -0.2) is 0 Å². The van der Waals surface area contributed by atoms with Gasteiger partial charge in [0, 0.05) is 10.9 Å². The van der Waals surface area contributed by atoms with E-state index in [1.165, 1.54) is 0 Å². The summed E-state index contributed by atoms with van der Waals surface area (Å²) in [5.74, 6) is 1.05. The minimum absolute atomic E-state index is 0. The number of amidine groups is 1. The first-order valence-corrected chi connectivity index (χ1v) is 5.14. The van der Waals surface area contributed by atoms with E-state index in [-0.39, 0.29) is 18.2 Å². The lowest BCUT2D eigenvalue weighted by Crippen LogP contribution is -2.10. The zero-order valence-corrected chi connectivity index (χ0v) is 10.6. The average molecular weight is 255 g/mol. The minimum Gasteiger partial charge on any atom is -0.490 e. The van der Waals surface area contributed by atoms with Crippen molar-refractivity contribution in [1.29, 1.82) is 5.41 Å². The molecule has 0 atom stereocenters. The third-order valence-corrected chi connectivity index (χ3v) is 2.47. The normalized spacial score (nSPS) is 10.0. The highest BCUT2D eigenvalue weighted by molar-refractivity contribution is 6.00. The smallest absolute Gasteiger partial charge is 0.177 e. The van der Waals surface area contributed by atoms with E-state index in [9.17, 15) is 0 Å². The summed E-state index contributed by atoms with van der Waals surface area (Å²) in [7, 11) is 0. The molecule has 0 aliphatic carbocycles. The molecule has 0 radical (unpaired) electrons. The molecule has 0 amide bonds. The van der Waals surface area contributed by atoms with Crippen LogP contribution in [-0.4, -0.2) is 12.4 Å². The molecule has 0 fully saturated rings. The van der Waals surface area contributed by atoms with Crippen LogP contribution in [0.2, 0.25) is 0 Å². The zero-order chi connectivity index (χ0) is 11.7. The van der Waals surface area contributed by atoms with Gasteiger partial charge in [-0.2, -0.15) is 0 Å². The van der Waals surface area contributed by atoms with Crippen molar-refractivity contribution in [3.63, 3.8) is 0 Å². The standard InChI is InChI=1S/C12H14N2O2.ClH/c1-3-15-9-6-4-5-8-7(2)10(12(13)14)16-11(8)9;/h4-6H,3H2,1-2H3,(H3,13,14);1H. The van der Waals surface area contributed by atoms with Gasteiger partial charge in [-0.05, 0) is 19.9 Å². The van der Waals surface area contributed by atoms with E-state index in [1.807, 2.05) is 32.0 Å². The molecular formula is C12H15ClN2O2. The summed E-state index contributed by atoms with van der Waals surface area (Å²) >= 11 is 0. The molecule has 1 aromatic carbocycles. The Morgan fingerprint density at radius 3 is 2.76 bits per heavy atom. The Morgan fingerprint density at radius 1 is 1.47 bits per heavy atom. The van der Waals surface area contributed by atoms with Crippen molar-refractivity contribution in [2.24, 2.45) is 5.73 Å². The Hall–Kier alpha value is -1.68. The molecule has 5 heteroatoms. The zero-order valence-electron chi connectivity index (χ0n) is 9.74. The molecule has 1 heterocycles. The van der Waals surface area contributed by atoms with E-state index in [0.29, 0.717) is 23.7 Å². The number of hydrogen-bond donors (Lipinski definition) is 2. The van der Waals surface area contributed by atoms with Gasteiger partial charge in [0.05, 0.1) is 6.61 Å². The summed E-state index contributed by atoms with van der Waals surface area (Å²) in [6, 6.07) is 5.68. The highest BCUT2D eigenvalue weighted by atomic mass is 35.5. The van der Waals surface area contributed by atoms with Crippen molar-refractivity contribution in [1.82, 2.24) is 0 Å². The number of benzene rings is 1. The fourth-order valence-corrected chi connectivity index (χ4v) is 1.74. The molecule has 4 nitrogen and oxygen atoms in total. The molecule has 0 unspecified atom stereocenters. The Bertz CT molecular complexity index is 549. The lowest BCUT2D eigenvalue weighted by Gasteiger charge is -2.02. The van der Waals surface area contributed by atoms with E-state index in [0.717, 1.165) is 10.9 Å². The molecular weight excluding hydrogens is 240 g/mol. The molecule has 0 saturated carbocycles. The summed E-state index contributed by atoms with van der Waals surface area (Å²) in [6.45, 7) is 4.38. The highest BCUT2D eigenvalue weighted by Crippen LogP contribution is 2.32. The summed E-state index contributed by atoms with van der Waals surface area (Å²) in [5, 5.41) is 8.37. The molecule has 3 N–H and O–H groups in total. The second-order valence-corrected chi connectivity index (χ2v) is 3.54. The number of hydrogen-bond acceptors (Lipinski definition) is 3. The van der Waals surface area contributed by atoms with Crippen LogP contribution in [0.25, 0.3) is 11.0 Å². The number of furan rings is 1. The highest BCUT2D eigenvalue weighted by Gasteiger charge is 2.15. The number of para-hydroxylation sites is 1. The quantitative estimate of drug-likeness (QED) is 0.653. The van der Waals surface area contributed by atoms with E-state index < -0.39 is 0 Å². The summed E-state index contributed by atoms with van der Waals surface area (Å²) in [6.07, 6.45) is 0. The molecule has 92 valence electrons. The van der Waals surface area contributed by atoms with Crippen LogP contribution < -0.4 is 10.5 Å². The van der Waals surface area contributed by atoms with Gasteiger partial charge in [-0.1, -0.05) is 12.1 Å². The van der Waals surface area contributed by atoms with Crippen LogP contribution in [0.3, 0.4) is 0 Å². The van der Waals surface area contributed by atoms with Crippen molar-refractivity contribution in [3.05, 3.63) is 29.5 Å². The van der Waals surface area contributed by atoms with Gasteiger partial charge in [0.15, 0.2) is 22.9 Å². The van der Waals surface area contributed by atoms with Gasteiger partial charge < -0.3 is 14.9 Å². The first-order chi connectivity index (χ1) is 7.65. The number of aryl methyl sites for hydroxylation is 1. The Morgan fingerprint density at radius 2 is 2.18 bits per heavy atom. The van der Waals surface area contributed by atoms with Crippen LogP contribution in [-0.2, 0) is 0 Å². The van der Waals surface area contributed by atoms with Crippen LogP contribution in [0, 0.1) is 12.3 Å². The fourth-order valence-electron chi connectivity index (χ4n) is 1.74. The number of halogens is 1. The predicted octanol–water partition coefficient (Wildman–Crippen LogP) is 2.85. The third kappa shape index (κ3) is 2.22. The lowest BCUT2D eigenvalue weighted by atomic mass is 10.1.